The van der Waals surface area contributed by atoms with Crippen molar-refractivity contribution >= 4 is 46.8 Å². The van der Waals surface area contributed by atoms with E-state index in [0.29, 0.717) is 22.0 Å². The van der Waals surface area contributed by atoms with E-state index in [9.17, 15) is 14.4 Å². The summed E-state index contributed by atoms with van der Waals surface area (Å²) in [5.41, 5.74) is 1.66. The van der Waals surface area contributed by atoms with Crippen LogP contribution in [0.25, 0.3) is 11.8 Å². The highest BCUT2D eigenvalue weighted by atomic mass is 35.5. The highest BCUT2D eigenvalue weighted by molar-refractivity contribution is 6.36. The summed E-state index contributed by atoms with van der Waals surface area (Å²) in [6, 6.07) is 22.5. The van der Waals surface area contributed by atoms with Crippen molar-refractivity contribution in [1.82, 2.24) is 14.7 Å². The van der Waals surface area contributed by atoms with Crippen molar-refractivity contribution in [1.29, 1.82) is 0 Å². The summed E-state index contributed by atoms with van der Waals surface area (Å²) >= 11 is 12.1. The van der Waals surface area contributed by atoms with Crippen molar-refractivity contribution in [3.8, 4) is 5.69 Å². The molecule has 36 heavy (non-hydrogen) atoms. The molecule has 0 saturated heterocycles. The minimum Gasteiger partial charge on any atom is -0.317 e. The van der Waals surface area contributed by atoms with Crippen molar-refractivity contribution in [2.45, 2.75) is 6.92 Å². The van der Waals surface area contributed by atoms with E-state index >= 15 is 0 Å². The average molecular weight is 521 g/mol. The molecule has 1 heterocycles. The van der Waals surface area contributed by atoms with Crippen LogP contribution in [0.1, 0.15) is 21.6 Å². The van der Waals surface area contributed by atoms with E-state index in [-0.39, 0.29) is 22.0 Å². The first-order chi connectivity index (χ1) is 17.3. The van der Waals surface area contributed by atoms with Gasteiger partial charge in [-0.15, -0.1) is 0 Å². The molecule has 7 nitrogen and oxygen atoms in total. The maximum absolute atomic E-state index is 13.4. The van der Waals surface area contributed by atoms with Gasteiger partial charge in [0.2, 0.25) is 0 Å². The van der Waals surface area contributed by atoms with Crippen LogP contribution < -0.4 is 16.2 Å². The Hall–Kier alpha value is -4.07. The molecule has 0 atom stereocenters. The van der Waals surface area contributed by atoms with E-state index in [1.165, 1.54) is 29.0 Å². The molecule has 0 saturated carbocycles. The molecule has 0 radical (unpaired) electrons. The van der Waals surface area contributed by atoms with Gasteiger partial charge in [0, 0.05) is 12.1 Å². The van der Waals surface area contributed by atoms with Gasteiger partial charge in [0.25, 0.3) is 17.4 Å². The van der Waals surface area contributed by atoms with Gasteiger partial charge in [-0.2, -0.15) is 0 Å². The van der Waals surface area contributed by atoms with Crippen molar-refractivity contribution < 1.29 is 9.59 Å². The third-order valence-corrected chi connectivity index (χ3v) is 6.12. The number of anilines is 1. The Morgan fingerprint density at radius 1 is 0.917 bits per heavy atom. The monoisotopic (exact) mass is 520 g/mol. The summed E-state index contributed by atoms with van der Waals surface area (Å²) in [6.07, 6.45) is 1.52. The van der Waals surface area contributed by atoms with Crippen LogP contribution in [-0.4, -0.2) is 21.2 Å². The van der Waals surface area contributed by atoms with E-state index in [1.54, 1.807) is 55.1 Å². The maximum atomic E-state index is 13.4. The van der Waals surface area contributed by atoms with Crippen LogP contribution >= 0.6 is 23.2 Å². The summed E-state index contributed by atoms with van der Waals surface area (Å²) in [4.78, 5) is 39.6. The van der Waals surface area contributed by atoms with Gasteiger partial charge in [0.15, 0.2) is 0 Å². The fourth-order valence-corrected chi connectivity index (χ4v) is 4.13. The molecule has 0 aliphatic carbocycles. The smallest absolute Gasteiger partial charge is 0.295 e. The standard InChI is InChI=1S/C27H22Cl2N4O3/c1-17-24(27(36)33(32(17)2)20-11-7-4-8-12-20)31-26(35)23(15-18-9-5-3-6-10-18)30-25(34)21-14-13-19(28)16-22(21)29/h3-16H,1-2H3,(H,30,34)(H,31,35). The largest absolute Gasteiger partial charge is 0.317 e. The lowest BCUT2D eigenvalue weighted by atomic mass is 10.1. The zero-order valence-electron chi connectivity index (χ0n) is 19.5. The van der Waals surface area contributed by atoms with Gasteiger partial charge in [-0.3, -0.25) is 19.1 Å². The van der Waals surface area contributed by atoms with E-state index in [4.69, 9.17) is 23.2 Å². The molecule has 0 aliphatic rings. The minimum atomic E-state index is -0.664. The number of hydrogen-bond acceptors (Lipinski definition) is 3. The molecular formula is C27H22Cl2N4O3. The molecule has 0 fully saturated rings. The molecule has 4 aromatic rings. The van der Waals surface area contributed by atoms with Gasteiger partial charge in [0.05, 0.1) is 22.0 Å². The zero-order chi connectivity index (χ0) is 25.8. The number of nitrogens with one attached hydrogen (secondary N) is 2. The van der Waals surface area contributed by atoms with Crippen LogP contribution in [0.3, 0.4) is 0 Å². The maximum Gasteiger partial charge on any atom is 0.295 e. The molecule has 182 valence electrons. The first kappa shape index (κ1) is 25.0. The highest BCUT2D eigenvalue weighted by Crippen LogP contribution is 2.22. The van der Waals surface area contributed by atoms with Crippen molar-refractivity contribution in [2.75, 3.05) is 5.32 Å². The van der Waals surface area contributed by atoms with Crippen LogP contribution in [0.5, 0.6) is 0 Å². The second-order valence-electron chi connectivity index (χ2n) is 7.94. The topological polar surface area (TPSA) is 85.1 Å². The van der Waals surface area contributed by atoms with Gasteiger partial charge in [-0.1, -0.05) is 71.7 Å². The van der Waals surface area contributed by atoms with Crippen molar-refractivity contribution in [3.05, 3.63) is 122 Å². The summed E-state index contributed by atoms with van der Waals surface area (Å²) in [6.45, 7) is 1.73. The number of carbonyl (C=O) groups excluding carboxylic acids is 2. The molecule has 3 aromatic carbocycles. The molecular weight excluding hydrogens is 499 g/mol. The molecule has 0 unspecified atom stereocenters. The van der Waals surface area contributed by atoms with E-state index in [2.05, 4.69) is 10.6 Å². The first-order valence-corrected chi connectivity index (χ1v) is 11.7. The molecule has 1 aromatic heterocycles. The minimum absolute atomic E-state index is 0.0638. The average Bonchev–Trinajstić information content (AvgIpc) is 3.07. The number of benzene rings is 3. The lowest BCUT2D eigenvalue weighted by Crippen LogP contribution is -2.32. The normalized spacial score (nSPS) is 11.3. The SMILES string of the molecule is Cc1c(NC(=O)C(=Cc2ccccc2)NC(=O)c2ccc(Cl)cc2Cl)c(=O)n(-c2ccccc2)n1C. The Kier molecular flexibility index (Phi) is 7.43. The first-order valence-electron chi connectivity index (χ1n) is 10.9. The van der Waals surface area contributed by atoms with Gasteiger partial charge in [-0.05, 0) is 48.9 Å². The zero-order valence-corrected chi connectivity index (χ0v) is 21.0. The number of rotatable bonds is 6. The third-order valence-electron chi connectivity index (χ3n) is 5.57. The highest BCUT2D eigenvalue weighted by Gasteiger charge is 2.22. The fourth-order valence-electron chi connectivity index (χ4n) is 3.63. The molecule has 9 heteroatoms. The number of carbonyl (C=O) groups is 2. The number of hydrogen-bond donors (Lipinski definition) is 2. The van der Waals surface area contributed by atoms with Crippen LogP contribution in [0.15, 0.2) is 89.4 Å². The van der Waals surface area contributed by atoms with Gasteiger partial charge in [0.1, 0.15) is 11.4 Å². The number of aromatic nitrogens is 2. The second kappa shape index (κ2) is 10.7. The molecule has 0 bridgehead atoms. The molecule has 0 aliphatic heterocycles. The summed E-state index contributed by atoms with van der Waals surface area (Å²) in [5.74, 6) is -1.26. The Balaban J connectivity index is 1.69. The lowest BCUT2D eigenvalue weighted by molar-refractivity contribution is -0.113. The Bertz CT molecular complexity index is 1520. The van der Waals surface area contributed by atoms with Crippen LogP contribution in [0.4, 0.5) is 5.69 Å². The van der Waals surface area contributed by atoms with Gasteiger partial charge >= 0.3 is 0 Å². The molecule has 2 amide bonds. The Morgan fingerprint density at radius 2 is 1.56 bits per heavy atom. The summed E-state index contributed by atoms with van der Waals surface area (Å²) in [5, 5.41) is 5.82. The number of nitrogens with zero attached hydrogens (tertiary/aromatic N) is 2. The van der Waals surface area contributed by atoms with Crippen molar-refractivity contribution in [2.24, 2.45) is 7.05 Å². The quantitative estimate of drug-likeness (QED) is 0.342. The molecule has 4 rings (SSSR count). The lowest BCUT2D eigenvalue weighted by Gasteiger charge is -2.12. The number of halogens is 2. The van der Waals surface area contributed by atoms with Crippen LogP contribution in [-0.2, 0) is 11.8 Å². The Labute approximate surface area is 217 Å². The van der Waals surface area contributed by atoms with E-state index < -0.39 is 17.4 Å². The predicted octanol–water partition coefficient (Wildman–Crippen LogP) is 5.20. The summed E-state index contributed by atoms with van der Waals surface area (Å²) in [7, 11) is 1.73. The second-order valence-corrected chi connectivity index (χ2v) is 8.78. The van der Waals surface area contributed by atoms with Crippen LogP contribution in [0.2, 0.25) is 10.0 Å². The Morgan fingerprint density at radius 3 is 2.19 bits per heavy atom. The summed E-state index contributed by atoms with van der Waals surface area (Å²) < 4.78 is 3.11. The number of para-hydroxylation sites is 1. The number of amides is 2. The van der Waals surface area contributed by atoms with Gasteiger partial charge < -0.3 is 10.6 Å². The van der Waals surface area contributed by atoms with E-state index in [0.717, 1.165) is 0 Å². The van der Waals surface area contributed by atoms with Crippen LogP contribution in [0, 0.1) is 6.92 Å². The fraction of sp³-hybridized carbons (Fsp3) is 0.0741. The molecule has 0 spiro atoms. The van der Waals surface area contributed by atoms with Gasteiger partial charge in [-0.25, -0.2) is 4.68 Å². The molecule has 2 N–H and O–H groups in total. The van der Waals surface area contributed by atoms with E-state index in [1.807, 2.05) is 24.3 Å². The van der Waals surface area contributed by atoms with Crippen molar-refractivity contribution in [3.63, 3.8) is 0 Å². The third kappa shape index (κ3) is 5.27. The predicted molar refractivity (Wildman–Crippen MR) is 143 cm³/mol.